The van der Waals surface area contributed by atoms with Crippen LogP contribution < -0.4 is 10.0 Å². The van der Waals surface area contributed by atoms with E-state index in [9.17, 15) is 22.5 Å². The molecule has 2 heterocycles. The van der Waals surface area contributed by atoms with Crippen LogP contribution in [0.25, 0.3) is 11.1 Å². The van der Waals surface area contributed by atoms with Crippen molar-refractivity contribution in [2.45, 2.75) is 29.7 Å². The van der Waals surface area contributed by atoms with E-state index in [0.29, 0.717) is 35.3 Å². The summed E-state index contributed by atoms with van der Waals surface area (Å²) in [6.45, 7) is 0. The van der Waals surface area contributed by atoms with E-state index in [-0.39, 0.29) is 21.3 Å². The Bertz CT molecular complexity index is 1320. The van der Waals surface area contributed by atoms with Gasteiger partial charge in [0.15, 0.2) is 5.01 Å². The van der Waals surface area contributed by atoms with Crippen molar-refractivity contribution >= 4 is 38.4 Å². The van der Waals surface area contributed by atoms with Crippen LogP contribution in [0.1, 0.15) is 29.8 Å². The number of rotatable bonds is 8. The van der Waals surface area contributed by atoms with E-state index in [1.54, 1.807) is 6.07 Å². The van der Waals surface area contributed by atoms with E-state index in [0.717, 1.165) is 6.21 Å². The fraction of sp³-hybridized carbons (Fsp3) is 0.222. The van der Waals surface area contributed by atoms with Crippen molar-refractivity contribution in [3.8, 4) is 17.2 Å². The molecule has 0 bridgehead atoms. The highest BCUT2D eigenvalue weighted by Crippen LogP contribution is 2.38. The van der Waals surface area contributed by atoms with E-state index < -0.39 is 27.0 Å². The average molecular weight is 476 g/mol. The second-order valence-electron chi connectivity index (χ2n) is 6.88. The van der Waals surface area contributed by atoms with Gasteiger partial charge in [0.25, 0.3) is 6.43 Å². The molecule has 1 aromatic carbocycles. The predicted octanol–water partition coefficient (Wildman–Crippen LogP) is 3.01. The standard InChI is InChI=1S/C18H14F2N8O2S2/c19-15(20)16-26-27-17(31-16)25-14-6-11(32(29,30)28-18(9-22)2-3-18)5-12(13(14)7-21)10-1-4-23-24-8-10/h1,4-8,15,21,28H,2-3H2,(H,25,27). The van der Waals surface area contributed by atoms with Gasteiger partial charge in [0.2, 0.25) is 15.2 Å². The highest BCUT2D eigenvalue weighted by atomic mass is 32.2. The monoisotopic (exact) mass is 476 g/mol. The third-order valence-electron chi connectivity index (χ3n) is 4.67. The second kappa shape index (κ2) is 8.26. The maximum Gasteiger partial charge on any atom is 0.291 e. The number of hydrogen-bond donors (Lipinski definition) is 3. The molecule has 3 N–H and O–H groups in total. The van der Waals surface area contributed by atoms with Crippen LogP contribution in [0.2, 0.25) is 0 Å². The third-order valence-corrected chi connectivity index (χ3v) is 7.03. The van der Waals surface area contributed by atoms with Crippen LogP contribution in [0.3, 0.4) is 0 Å². The molecule has 0 aliphatic heterocycles. The fourth-order valence-corrected chi connectivity index (χ4v) is 4.94. The number of nitriles is 1. The van der Waals surface area contributed by atoms with Gasteiger partial charge in [-0.25, -0.2) is 17.2 Å². The highest BCUT2D eigenvalue weighted by molar-refractivity contribution is 7.89. The van der Waals surface area contributed by atoms with Gasteiger partial charge in [0, 0.05) is 17.3 Å². The summed E-state index contributed by atoms with van der Waals surface area (Å²) in [6.07, 6.45) is 1.79. The number of aromatic nitrogens is 4. The van der Waals surface area contributed by atoms with E-state index in [2.05, 4.69) is 30.4 Å². The van der Waals surface area contributed by atoms with Gasteiger partial charge in [-0.3, -0.25) is 0 Å². The molecule has 4 rings (SSSR count). The molecule has 2 aromatic heterocycles. The predicted molar refractivity (Wildman–Crippen MR) is 111 cm³/mol. The summed E-state index contributed by atoms with van der Waals surface area (Å²) in [5, 5.41) is 34.0. The number of sulfonamides is 1. The average Bonchev–Trinajstić information content (AvgIpc) is 3.38. The number of benzene rings is 1. The molecule has 32 heavy (non-hydrogen) atoms. The van der Waals surface area contributed by atoms with Gasteiger partial charge in [-0.2, -0.15) is 20.2 Å². The van der Waals surface area contributed by atoms with Crippen LogP contribution in [-0.2, 0) is 10.0 Å². The molecule has 1 aliphatic rings. The first-order valence-corrected chi connectivity index (χ1v) is 11.4. The zero-order valence-corrected chi connectivity index (χ0v) is 17.7. The van der Waals surface area contributed by atoms with E-state index in [1.807, 2.05) is 6.07 Å². The van der Waals surface area contributed by atoms with Crippen LogP contribution in [-0.4, -0.2) is 40.6 Å². The number of anilines is 2. The lowest BCUT2D eigenvalue weighted by Crippen LogP contribution is -2.35. The Kier molecular flexibility index (Phi) is 5.63. The molecular formula is C18H14F2N8O2S2. The van der Waals surface area contributed by atoms with Crippen LogP contribution in [0, 0.1) is 16.7 Å². The van der Waals surface area contributed by atoms with E-state index in [1.165, 1.54) is 24.5 Å². The minimum Gasteiger partial charge on any atom is -0.329 e. The first kappa shape index (κ1) is 21.8. The van der Waals surface area contributed by atoms with Crippen molar-refractivity contribution in [1.29, 1.82) is 10.7 Å². The molecular weight excluding hydrogens is 462 g/mol. The molecule has 0 amide bonds. The molecule has 0 saturated heterocycles. The van der Waals surface area contributed by atoms with Gasteiger partial charge in [-0.15, -0.1) is 10.2 Å². The zero-order valence-electron chi connectivity index (χ0n) is 16.1. The molecule has 10 nitrogen and oxygen atoms in total. The second-order valence-corrected chi connectivity index (χ2v) is 9.57. The summed E-state index contributed by atoms with van der Waals surface area (Å²) >= 11 is 0.605. The summed E-state index contributed by atoms with van der Waals surface area (Å²) in [4.78, 5) is -0.183. The molecule has 14 heteroatoms. The number of halogens is 2. The third kappa shape index (κ3) is 4.31. The van der Waals surface area contributed by atoms with Crippen LogP contribution in [0.4, 0.5) is 19.6 Å². The molecule has 0 spiro atoms. The van der Waals surface area contributed by atoms with Crippen molar-refractivity contribution in [1.82, 2.24) is 25.1 Å². The Morgan fingerprint density at radius 1 is 1.28 bits per heavy atom. The lowest BCUT2D eigenvalue weighted by atomic mass is 10.0. The van der Waals surface area contributed by atoms with E-state index >= 15 is 0 Å². The Hall–Kier alpha value is -3.41. The summed E-state index contributed by atoms with van der Waals surface area (Å²) in [6, 6.07) is 6.15. The van der Waals surface area contributed by atoms with Gasteiger partial charge >= 0.3 is 0 Å². The topological polar surface area (TPSA) is 157 Å². The summed E-state index contributed by atoms with van der Waals surface area (Å²) < 4.78 is 54.2. The Morgan fingerprint density at radius 2 is 2.06 bits per heavy atom. The molecule has 0 radical (unpaired) electrons. The molecule has 1 fully saturated rings. The normalized spacial score (nSPS) is 14.7. The number of nitrogens with one attached hydrogen (secondary N) is 3. The minimum atomic E-state index is -4.12. The minimum absolute atomic E-state index is 0.000369. The molecule has 0 atom stereocenters. The Labute approximate surface area is 184 Å². The van der Waals surface area contributed by atoms with Crippen molar-refractivity contribution in [3.05, 3.63) is 41.2 Å². The summed E-state index contributed by atoms with van der Waals surface area (Å²) in [7, 11) is -4.12. The summed E-state index contributed by atoms with van der Waals surface area (Å²) in [5.74, 6) is 0. The van der Waals surface area contributed by atoms with Crippen molar-refractivity contribution in [3.63, 3.8) is 0 Å². The largest absolute Gasteiger partial charge is 0.329 e. The summed E-state index contributed by atoms with van der Waals surface area (Å²) in [5.41, 5.74) is 0.0722. The SMILES string of the molecule is N#CC1(NS(=O)(=O)c2cc(Nc3nnc(C(F)F)s3)c(C=N)c(-c3ccnnc3)c2)CC1. The number of hydrogen-bond acceptors (Lipinski definition) is 10. The lowest BCUT2D eigenvalue weighted by Gasteiger charge is -2.16. The zero-order chi connectivity index (χ0) is 22.9. The first-order chi connectivity index (χ1) is 15.3. The molecule has 1 aliphatic carbocycles. The van der Waals surface area contributed by atoms with Crippen molar-refractivity contribution in [2.24, 2.45) is 0 Å². The Morgan fingerprint density at radius 3 is 2.62 bits per heavy atom. The van der Waals surface area contributed by atoms with Crippen LogP contribution in [0.15, 0.2) is 35.5 Å². The van der Waals surface area contributed by atoms with Gasteiger partial charge in [0.05, 0.1) is 29.0 Å². The molecule has 3 aromatic rings. The Balaban J connectivity index is 1.84. The van der Waals surface area contributed by atoms with E-state index in [4.69, 9.17) is 5.41 Å². The smallest absolute Gasteiger partial charge is 0.291 e. The number of nitrogens with zero attached hydrogens (tertiary/aromatic N) is 5. The fourth-order valence-electron chi connectivity index (χ4n) is 2.90. The highest BCUT2D eigenvalue weighted by Gasteiger charge is 2.47. The van der Waals surface area contributed by atoms with Gasteiger partial charge in [-0.1, -0.05) is 11.3 Å². The van der Waals surface area contributed by atoms with Gasteiger partial charge < -0.3 is 10.7 Å². The quantitative estimate of drug-likeness (QED) is 0.419. The van der Waals surface area contributed by atoms with Crippen LogP contribution in [0.5, 0.6) is 0 Å². The molecule has 0 unspecified atom stereocenters. The van der Waals surface area contributed by atoms with Crippen LogP contribution >= 0.6 is 11.3 Å². The molecule has 1 saturated carbocycles. The van der Waals surface area contributed by atoms with Gasteiger partial charge in [-0.05, 0) is 36.6 Å². The molecule has 164 valence electrons. The number of alkyl halides is 2. The maximum absolute atomic E-state index is 13.0. The lowest BCUT2D eigenvalue weighted by molar-refractivity contribution is 0.150. The van der Waals surface area contributed by atoms with Gasteiger partial charge in [0.1, 0.15) is 5.54 Å². The van der Waals surface area contributed by atoms with Crippen molar-refractivity contribution < 1.29 is 17.2 Å². The maximum atomic E-state index is 13.0. The first-order valence-electron chi connectivity index (χ1n) is 9.06. The van der Waals surface area contributed by atoms with Crippen molar-refractivity contribution in [2.75, 3.05) is 5.32 Å².